The molecule has 1 unspecified atom stereocenters. The van der Waals surface area contributed by atoms with Gasteiger partial charge < -0.3 is 16.0 Å². The average molecular weight is 319 g/mol. The summed E-state index contributed by atoms with van der Waals surface area (Å²) in [5.74, 6) is 0.000615. The lowest BCUT2D eigenvalue weighted by Gasteiger charge is -2.17. The standard InChI is InChI=1S/C18H29N3O2/c1-13(19-5)12-20-16(22)10-14-6-8-15(9-7-14)21-17(23)11-18(2,3)4/h6-9,13,19H,10-12H2,1-5H3,(H,20,22)(H,21,23). The quantitative estimate of drug-likeness (QED) is 0.722. The van der Waals surface area contributed by atoms with Gasteiger partial charge in [-0.3, -0.25) is 9.59 Å². The molecule has 23 heavy (non-hydrogen) atoms. The monoisotopic (exact) mass is 319 g/mol. The molecular formula is C18H29N3O2. The first-order valence-corrected chi connectivity index (χ1v) is 8.02. The van der Waals surface area contributed by atoms with Crippen molar-refractivity contribution in [3.63, 3.8) is 0 Å². The largest absolute Gasteiger partial charge is 0.354 e. The van der Waals surface area contributed by atoms with Crippen molar-refractivity contribution in [2.75, 3.05) is 18.9 Å². The number of rotatable bonds is 7. The van der Waals surface area contributed by atoms with Crippen molar-refractivity contribution >= 4 is 17.5 Å². The van der Waals surface area contributed by atoms with E-state index >= 15 is 0 Å². The number of likely N-dealkylation sites (N-methyl/N-ethyl adjacent to an activating group) is 1. The number of carbonyl (C=O) groups is 2. The highest BCUT2D eigenvalue weighted by molar-refractivity contribution is 5.91. The fourth-order valence-corrected chi connectivity index (χ4v) is 2.01. The third-order valence-electron chi connectivity index (χ3n) is 3.39. The van der Waals surface area contributed by atoms with E-state index in [0.717, 1.165) is 11.3 Å². The fraction of sp³-hybridized carbons (Fsp3) is 0.556. The summed E-state index contributed by atoms with van der Waals surface area (Å²) >= 11 is 0. The van der Waals surface area contributed by atoms with Gasteiger partial charge in [0.25, 0.3) is 0 Å². The molecule has 1 atom stereocenters. The molecule has 128 valence electrons. The van der Waals surface area contributed by atoms with Gasteiger partial charge in [0.1, 0.15) is 0 Å². The van der Waals surface area contributed by atoms with Crippen LogP contribution in [0.25, 0.3) is 0 Å². The summed E-state index contributed by atoms with van der Waals surface area (Å²) in [4.78, 5) is 23.7. The molecule has 0 bridgehead atoms. The molecule has 1 aromatic rings. The normalized spacial score (nSPS) is 12.6. The van der Waals surface area contributed by atoms with Crippen LogP contribution in [0.5, 0.6) is 0 Å². The van der Waals surface area contributed by atoms with Crippen molar-refractivity contribution < 1.29 is 9.59 Å². The van der Waals surface area contributed by atoms with Crippen LogP contribution < -0.4 is 16.0 Å². The average Bonchev–Trinajstić information content (AvgIpc) is 2.44. The highest BCUT2D eigenvalue weighted by Gasteiger charge is 2.15. The Balaban J connectivity index is 2.47. The smallest absolute Gasteiger partial charge is 0.224 e. The second-order valence-electron chi connectivity index (χ2n) is 7.15. The van der Waals surface area contributed by atoms with Crippen LogP contribution in [0.1, 0.15) is 39.7 Å². The van der Waals surface area contributed by atoms with Crippen LogP contribution in [0.2, 0.25) is 0 Å². The first kappa shape index (κ1) is 19.2. The topological polar surface area (TPSA) is 70.2 Å². The molecule has 0 aliphatic rings. The molecule has 1 rings (SSSR count). The van der Waals surface area contributed by atoms with Crippen molar-refractivity contribution in [2.24, 2.45) is 5.41 Å². The van der Waals surface area contributed by atoms with Gasteiger partial charge in [-0.2, -0.15) is 0 Å². The second-order valence-corrected chi connectivity index (χ2v) is 7.15. The van der Waals surface area contributed by atoms with Gasteiger partial charge in [0, 0.05) is 24.7 Å². The minimum absolute atomic E-state index is 0.00313. The van der Waals surface area contributed by atoms with Crippen molar-refractivity contribution in [1.29, 1.82) is 0 Å². The number of nitrogens with one attached hydrogen (secondary N) is 3. The van der Waals surface area contributed by atoms with E-state index < -0.39 is 0 Å². The van der Waals surface area contributed by atoms with Gasteiger partial charge in [-0.25, -0.2) is 0 Å². The Labute approximate surface area is 139 Å². The number of hydrogen-bond donors (Lipinski definition) is 3. The molecule has 5 heteroatoms. The zero-order valence-electron chi connectivity index (χ0n) is 14.8. The minimum Gasteiger partial charge on any atom is -0.354 e. The van der Waals surface area contributed by atoms with E-state index in [1.54, 1.807) is 0 Å². The molecule has 0 saturated heterocycles. The maximum atomic E-state index is 11.9. The minimum atomic E-state index is -0.0351. The van der Waals surface area contributed by atoms with Gasteiger partial charge in [0.2, 0.25) is 11.8 Å². The summed E-state index contributed by atoms with van der Waals surface area (Å²) in [6, 6.07) is 7.65. The molecule has 0 radical (unpaired) electrons. The van der Waals surface area contributed by atoms with E-state index in [9.17, 15) is 9.59 Å². The Morgan fingerprint density at radius 2 is 1.70 bits per heavy atom. The highest BCUT2D eigenvalue weighted by atomic mass is 16.2. The summed E-state index contributed by atoms with van der Waals surface area (Å²) in [6.45, 7) is 8.71. The van der Waals surface area contributed by atoms with E-state index in [0.29, 0.717) is 19.4 Å². The van der Waals surface area contributed by atoms with Gasteiger partial charge in [0.05, 0.1) is 6.42 Å². The van der Waals surface area contributed by atoms with Crippen LogP contribution in [-0.4, -0.2) is 31.4 Å². The zero-order valence-corrected chi connectivity index (χ0v) is 14.8. The Bertz CT molecular complexity index is 518. The van der Waals surface area contributed by atoms with Gasteiger partial charge in [-0.05, 0) is 37.1 Å². The van der Waals surface area contributed by atoms with Crippen LogP contribution >= 0.6 is 0 Å². The van der Waals surface area contributed by atoms with Crippen LogP contribution in [0, 0.1) is 5.41 Å². The summed E-state index contributed by atoms with van der Waals surface area (Å²) < 4.78 is 0. The molecule has 2 amide bonds. The van der Waals surface area contributed by atoms with E-state index in [1.807, 2.05) is 59.0 Å². The first-order valence-electron chi connectivity index (χ1n) is 8.02. The number of hydrogen-bond acceptors (Lipinski definition) is 3. The van der Waals surface area contributed by atoms with Crippen LogP contribution in [0.4, 0.5) is 5.69 Å². The summed E-state index contributed by atoms with van der Waals surface area (Å²) in [5, 5.41) is 8.83. The van der Waals surface area contributed by atoms with Crippen molar-refractivity contribution in [3.05, 3.63) is 29.8 Å². The maximum absolute atomic E-state index is 11.9. The summed E-state index contributed by atoms with van der Waals surface area (Å²) in [7, 11) is 1.86. The van der Waals surface area contributed by atoms with E-state index in [1.165, 1.54) is 0 Å². The Morgan fingerprint density at radius 1 is 1.09 bits per heavy atom. The lowest BCUT2D eigenvalue weighted by Crippen LogP contribution is -2.37. The molecule has 0 aromatic heterocycles. The third-order valence-corrected chi connectivity index (χ3v) is 3.39. The van der Waals surface area contributed by atoms with E-state index in [2.05, 4.69) is 16.0 Å². The first-order chi connectivity index (χ1) is 10.7. The second kappa shape index (κ2) is 8.67. The molecule has 0 aliphatic carbocycles. The molecule has 1 aromatic carbocycles. The Morgan fingerprint density at radius 3 is 2.22 bits per heavy atom. The Hall–Kier alpha value is -1.88. The van der Waals surface area contributed by atoms with Crippen LogP contribution in [0.15, 0.2) is 24.3 Å². The van der Waals surface area contributed by atoms with Gasteiger partial charge in [-0.1, -0.05) is 32.9 Å². The van der Waals surface area contributed by atoms with Crippen molar-refractivity contribution in [2.45, 2.75) is 46.6 Å². The zero-order chi connectivity index (χ0) is 17.5. The molecule has 0 aliphatic heterocycles. The fourth-order valence-electron chi connectivity index (χ4n) is 2.01. The van der Waals surface area contributed by atoms with Crippen molar-refractivity contribution in [1.82, 2.24) is 10.6 Å². The van der Waals surface area contributed by atoms with Crippen LogP contribution in [0.3, 0.4) is 0 Å². The molecule has 0 saturated carbocycles. The molecular weight excluding hydrogens is 290 g/mol. The predicted octanol–water partition coefficient (Wildman–Crippen LogP) is 2.33. The van der Waals surface area contributed by atoms with Crippen molar-refractivity contribution in [3.8, 4) is 0 Å². The lowest BCUT2D eigenvalue weighted by molar-refractivity contribution is -0.120. The van der Waals surface area contributed by atoms with Gasteiger partial charge in [0.15, 0.2) is 0 Å². The summed E-state index contributed by atoms with van der Waals surface area (Å²) in [6.07, 6.45) is 0.813. The SMILES string of the molecule is CNC(C)CNC(=O)Cc1ccc(NC(=O)CC(C)(C)C)cc1. The molecule has 3 N–H and O–H groups in total. The Kier molecular flexibility index (Phi) is 7.23. The number of benzene rings is 1. The van der Waals surface area contributed by atoms with Crippen LogP contribution in [-0.2, 0) is 16.0 Å². The molecule has 0 spiro atoms. The number of anilines is 1. The maximum Gasteiger partial charge on any atom is 0.224 e. The molecule has 0 heterocycles. The van der Waals surface area contributed by atoms with Gasteiger partial charge >= 0.3 is 0 Å². The predicted molar refractivity (Wildman–Crippen MR) is 94.4 cm³/mol. The lowest BCUT2D eigenvalue weighted by atomic mass is 9.92. The third kappa shape index (κ3) is 8.35. The highest BCUT2D eigenvalue weighted by Crippen LogP contribution is 2.19. The van der Waals surface area contributed by atoms with Gasteiger partial charge in [-0.15, -0.1) is 0 Å². The molecule has 5 nitrogen and oxygen atoms in total. The molecule has 0 fully saturated rings. The van der Waals surface area contributed by atoms with E-state index in [-0.39, 0.29) is 23.3 Å². The van der Waals surface area contributed by atoms with E-state index in [4.69, 9.17) is 0 Å². The number of amides is 2. The summed E-state index contributed by atoms with van der Waals surface area (Å²) in [5.41, 5.74) is 1.65. The number of carbonyl (C=O) groups excluding carboxylic acids is 2.